The highest BCUT2D eigenvalue weighted by Crippen LogP contribution is 2.29. The van der Waals surface area contributed by atoms with E-state index in [2.05, 4.69) is 20.9 Å². The number of rotatable bonds is 1. The Morgan fingerprint density at radius 3 is 2.40 bits per heavy atom. The van der Waals surface area contributed by atoms with Gasteiger partial charge in [-0.15, -0.1) is 0 Å². The summed E-state index contributed by atoms with van der Waals surface area (Å²) in [5, 5.41) is 0.713. The number of nitrogens with two attached hydrogens (primary N) is 1. The third-order valence-electron chi connectivity index (χ3n) is 2.20. The SMILES string of the molecule is Cn1c(N)nc(Br)c1-c1ccc(Cl)cc1. The van der Waals surface area contributed by atoms with Gasteiger partial charge in [-0.1, -0.05) is 23.7 Å². The van der Waals surface area contributed by atoms with Gasteiger partial charge in [0, 0.05) is 17.6 Å². The number of halogens is 2. The summed E-state index contributed by atoms with van der Waals surface area (Å²) in [5.41, 5.74) is 7.68. The van der Waals surface area contributed by atoms with Gasteiger partial charge < -0.3 is 10.3 Å². The summed E-state index contributed by atoms with van der Waals surface area (Å²) in [5.74, 6) is 0.479. The number of hydrogen-bond donors (Lipinski definition) is 1. The molecule has 0 unspecified atom stereocenters. The lowest BCUT2D eigenvalue weighted by Gasteiger charge is -2.04. The number of nitrogens with zero attached hydrogens (tertiary/aromatic N) is 2. The van der Waals surface area contributed by atoms with E-state index in [0.29, 0.717) is 11.0 Å². The zero-order valence-corrected chi connectivity index (χ0v) is 10.4. The fraction of sp³-hybridized carbons (Fsp3) is 0.100. The van der Waals surface area contributed by atoms with Crippen molar-refractivity contribution in [1.29, 1.82) is 0 Å². The van der Waals surface area contributed by atoms with Crippen molar-refractivity contribution in [1.82, 2.24) is 9.55 Å². The molecule has 78 valence electrons. The average molecular weight is 287 g/mol. The zero-order chi connectivity index (χ0) is 11.0. The molecule has 0 saturated carbocycles. The van der Waals surface area contributed by atoms with Crippen LogP contribution in [0.5, 0.6) is 0 Å². The Morgan fingerprint density at radius 2 is 1.93 bits per heavy atom. The molecule has 1 heterocycles. The molecular formula is C10H9BrClN3. The topological polar surface area (TPSA) is 43.8 Å². The molecule has 0 radical (unpaired) electrons. The molecule has 0 amide bonds. The van der Waals surface area contributed by atoms with E-state index in [0.717, 1.165) is 15.9 Å². The van der Waals surface area contributed by atoms with Gasteiger partial charge in [0.1, 0.15) is 4.60 Å². The second-order valence-corrected chi connectivity index (χ2v) is 4.36. The molecule has 0 saturated heterocycles. The predicted molar refractivity (Wildman–Crippen MR) is 65.8 cm³/mol. The van der Waals surface area contributed by atoms with E-state index in [9.17, 15) is 0 Å². The van der Waals surface area contributed by atoms with E-state index in [1.54, 1.807) is 0 Å². The Bertz CT molecular complexity index is 490. The molecule has 0 aliphatic heterocycles. The van der Waals surface area contributed by atoms with Crippen molar-refractivity contribution < 1.29 is 0 Å². The summed E-state index contributed by atoms with van der Waals surface area (Å²) in [6, 6.07) is 7.55. The first kappa shape index (κ1) is 10.5. The largest absolute Gasteiger partial charge is 0.369 e. The Labute approximate surface area is 101 Å². The minimum absolute atomic E-state index is 0.479. The zero-order valence-electron chi connectivity index (χ0n) is 8.04. The number of aromatic nitrogens is 2. The molecule has 2 rings (SSSR count). The molecule has 1 aromatic heterocycles. The Hall–Kier alpha value is -1.00. The summed E-state index contributed by atoms with van der Waals surface area (Å²) in [6.45, 7) is 0. The van der Waals surface area contributed by atoms with Gasteiger partial charge in [-0.2, -0.15) is 0 Å². The maximum atomic E-state index is 5.83. The summed E-state index contributed by atoms with van der Waals surface area (Å²) in [4.78, 5) is 4.13. The van der Waals surface area contributed by atoms with Crippen molar-refractivity contribution >= 4 is 33.5 Å². The lowest BCUT2D eigenvalue weighted by molar-refractivity contribution is 0.938. The second kappa shape index (κ2) is 3.87. The van der Waals surface area contributed by atoms with Gasteiger partial charge in [-0.25, -0.2) is 4.98 Å². The molecule has 2 aromatic rings. The Morgan fingerprint density at radius 1 is 1.33 bits per heavy atom. The number of nitrogen functional groups attached to an aromatic ring is 1. The van der Waals surface area contributed by atoms with Crippen LogP contribution in [0.3, 0.4) is 0 Å². The minimum Gasteiger partial charge on any atom is -0.369 e. The fourth-order valence-electron chi connectivity index (χ4n) is 1.40. The Kier molecular flexibility index (Phi) is 2.71. The van der Waals surface area contributed by atoms with Gasteiger partial charge in [0.25, 0.3) is 0 Å². The van der Waals surface area contributed by atoms with Crippen LogP contribution in [-0.2, 0) is 7.05 Å². The molecule has 15 heavy (non-hydrogen) atoms. The molecule has 0 atom stereocenters. The summed E-state index contributed by atoms with van der Waals surface area (Å²) >= 11 is 9.20. The number of imidazole rings is 1. The lowest BCUT2D eigenvalue weighted by Crippen LogP contribution is -1.98. The van der Waals surface area contributed by atoms with Crippen LogP contribution in [0.4, 0.5) is 5.95 Å². The van der Waals surface area contributed by atoms with E-state index in [1.807, 2.05) is 35.9 Å². The van der Waals surface area contributed by atoms with Crippen LogP contribution in [0.25, 0.3) is 11.3 Å². The molecule has 5 heteroatoms. The first-order chi connectivity index (χ1) is 7.09. The van der Waals surface area contributed by atoms with Crippen LogP contribution in [0.1, 0.15) is 0 Å². The molecular weight excluding hydrogens is 277 g/mol. The molecule has 0 spiro atoms. The highest BCUT2D eigenvalue weighted by atomic mass is 79.9. The molecule has 1 aromatic carbocycles. The summed E-state index contributed by atoms with van der Waals surface area (Å²) in [7, 11) is 1.87. The van der Waals surface area contributed by atoms with E-state index >= 15 is 0 Å². The first-order valence-electron chi connectivity index (χ1n) is 4.33. The number of hydrogen-bond acceptors (Lipinski definition) is 2. The number of anilines is 1. The molecule has 0 aliphatic rings. The third kappa shape index (κ3) is 1.87. The van der Waals surface area contributed by atoms with E-state index in [1.165, 1.54) is 0 Å². The predicted octanol–water partition coefficient (Wildman–Crippen LogP) is 3.09. The molecule has 2 N–H and O–H groups in total. The van der Waals surface area contributed by atoms with Gasteiger partial charge in [0.15, 0.2) is 0 Å². The van der Waals surface area contributed by atoms with Crippen molar-refractivity contribution in [3.8, 4) is 11.3 Å². The van der Waals surface area contributed by atoms with Crippen LogP contribution in [-0.4, -0.2) is 9.55 Å². The maximum Gasteiger partial charge on any atom is 0.201 e. The van der Waals surface area contributed by atoms with Gasteiger partial charge >= 0.3 is 0 Å². The summed E-state index contributed by atoms with van der Waals surface area (Å²) < 4.78 is 2.57. The second-order valence-electron chi connectivity index (χ2n) is 3.18. The van der Waals surface area contributed by atoms with Crippen molar-refractivity contribution in [3.63, 3.8) is 0 Å². The monoisotopic (exact) mass is 285 g/mol. The third-order valence-corrected chi connectivity index (χ3v) is 3.01. The smallest absolute Gasteiger partial charge is 0.201 e. The average Bonchev–Trinajstić information content (AvgIpc) is 2.44. The van der Waals surface area contributed by atoms with Gasteiger partial charge in [0.2, 0.25) is 5.95 Å². The highest BCUT2D eigenvalue weighted by molar-refractivity contribution is 9.10. The van der Waals surface area contributed by atoms with Gasteiger partial charge in [0.05, 0.1) is 5.69 Å². The molecule has 0 bridgehead atoms. The molecule has 0 fully saturated rings. The fourth-order valence-corrected chi connectivity index (χ4v) is 2.20. The van der Waals surface area contributed by atoms with Crippen molar-refractivity contribution in [3.05, 3.63) is 33.9 Å². The van der Waals surface area contributed by atoms with Crippen molar-refractivity contribution in [2.75, 3.05) is 5.73 Å². The maximum absolute atomic E-state index is 5.83. The van der Waals surface area contributed by atoms with Crippen LogP contribution < -0.4 is 5.73 Å². The first-order valence-corrected chi connectivity index (χ1v) is 5.50. The van der Waals surface area contributed by atoms with E-state index < -0.39 is 0 Å². The standard InChI is InChI=1S/C10H9BrClN3/c1-15-8(9(11)14-10(15)13)6-2-4-7(12)5-3-6/h2-5H,1H3,(H2,13,14). The van der Waals surface area contributed by atoms with Crippen molar-refractivity contribution in [2.24, 2.45) is 7.05 Å². The van der Waals surface area contributed by atoms with Crippen LogP contribution in [0, 0.1) is 0 Å². The normalized spacial score (nSPS) is 10.6. The highest BCUT2D eigenvalue weighted by Gasteiger charge is 2.11. The summed E-state index contributed by atoms with van der Waals surface area (Å²) in [6.07, 6.45) is 0. The van der Waals surface area contributed by atoms with Crippen LogP contribution in [0.15, 0.2) is 28.9 Å². The quantitative estimate of drug-likeness (QED) is 0.875. The number of benzene rings is 1. The van der Waals surface area contributed by atoms with Crippen LogP contribution in [0.2, 0.25) is 5.02 Å². The van der Waals surface area contributed by atoms with Crippen molar-refractivity contribution in [2.45, 2.75) is 0 Å². The lowest BCUT2D eigenvalue weighted by atomic mass is 10.2. The van der Waals surface area contributed by atoms with E-state index in [-0.39, 0.29) is 0 Å². The molecule has 0 aliphatic carbocycles. The van der Waals surface area contributed by atoms with Crippen LogP contribution >= 0.6 is 27.5 Å². The molecule has 3 nitrogen and oxygen atoms in total. The van der Waals surface area contributed by atoms with Gasteiger partial charge in [-0.05, 0) is 28.1 Å². The van der Waals surface area contributed by atoms with Gasteiger partial charge in [-0.3, -0.25) is 0 Å². The minimum atomic E-state index is 0.479. The van der Waals surface area contributed by atoms with E-state index in [4.69, 9.17) is 17.3 Å². The Balaban J connectivity index is 2.58.